The van der Waals surface area contributed by atoms with Gasteiger partial charge in [-0.2, -0.15) is 0 Å². The summed E-state index contributed by atoms with van der Waals surface area (Å²) in [7, 11) is 1.57. The van der Waals surface area contributed by atoms with Crippen molar-refractivity contribution in [3.05, 3.63) is 131 Å². The third-order valence-corrected chi connectivity index (χ3v) is 6.65. The molecule has 0 saturated carbocycles. The van der Waals surface area contributed by atoms with Crippen molar-refractivity contribution in [1.82, 2.24) is 4.90 Å². The topological polar surface area (TPSA) is 58.6 Å². The molecule has 1 unspecified atom stereocenters. The van der Waals surface area contributed by atoms with Crippen LogP contribution in [0.3, 0.4) is 0 Å². The summed E-state index contributed by atoms with van der Waals surface area (Å²) in [6, 6.07) is 29.3. The van der Waals surface area contributed by atoms with Gasteiger partial charge >= 0.3 is 0 Å². The van der Waals surface area contributed by atoms with Crippen LogP contribution < -0.4 is 10.1 Å². The van der Waals surface area contributed by atoms with Gasteiger partial charge in [0.05, 0.1) is 13.5 Å². The molecule has 4 aromatic rings. The number of nitrogens with zero attached hydrogens (tertiary/aromatic N) is 1. The van der Waals surface area contributed by atoms with Gasteiger partial charge in [0.1, 0.15) is 17.6 Å². The van der Waals surface area contributed by atoms with E-state index in [0.29, 0.717) is 28.5 Å². The Morgan fingerprint density at radius 1 is 0.821 bits per heavy atom. The molecule has 4 rings (SSSR count). The highest BCUT2D eigenvalue weighted by Gasteiger charge is 2.32. The molecule has 4 aromatic carbocycles. The molecule has 2 amide bonds. The minimum atomic E-state index is -0.996. The molecule has 1 N–H and O–H groups in total. The molecule has 0 saturated heterocycles. The first-order chi connectivity index (χ1) is 18.9. The van der Waals surface area contributed by atoms with Gasteiger partial charge in [0.15, 0.2) is 0 Å². The molecule has 0 radical (unpaired) electrons. The first-order valence-electron chi connectivity index (χ1n) is 13.0. The Hall–Kier alpha value is -4.45. The number of benzene rings is 4. The highest BCUT2D eigenvalue weighted by molar-refractivity contribution is 5.98. The predicted octanol–water partition coefficient (Wildman–Crippen LogP) is 6.91. The fourth-order valence-electron chi connectivity index (χ4n) is 4.43. The molecule has 200 valence electrons. The average molecular weight is 525 g/mol. The zero-order chi connectivity index (χ0) is 27.8. The average Bonchev–Trinajstić information content (AvgIpc) is 2.95. The van der Waals surface area contributed by atoms with Crippen molar-refractivity contribution in [2.45, 2.75) is 38.8 Å². The molecule has 0 heterocycles. The number of carbonyl (C=O) groups excluding carboxylic acids is 2. The Labute approximate surface area is 229 Å². The molecule has 0 aromatic heterocycles. The van der Waals surface area contributed by atoms with E-state index in [1.165, 1.54) is 11.0 Å². The maximum Gasteiger partial charge on any atom is 0.251 e. The minimum absolute atomic E-state index is 0.0645. The SMILES string of the molecule is COc1ccc(NC(=O)C(c2ccc(C(C)C)cc2)N(Cc2ccccc2F)C(=O)Cc2ccccc2)cc1. The summed E-state index contributed by atoms with van der Waals surface area (Å²) < 4.78 is 20.0. The van der Waals surface area contributed by atoms with E-state index < -0.39 is 17.8 Å². The lowest BCUT2D eigenvalue weighted by Gasteiger charge is -2.32. The van der Waals surface area contributed by atoms with Gasteiger partial charge in [-0.05, 0) is 52.9 Å². The highest BCUT2D eigenvalue weighted by Crippen LogP contribution is 2.29. The van der Waals surface area contributed by atoms with Gasteiger partial charge in [-0.3, -0.25) is 9.59 Å². The third kappa shape index (κ3) is 7.11. The van der Waals surface area contributed by atoms with E-state index in [0.717, 1.165) is 11.1 Å². The lowest BCUT2D eigenvalue weighted by molar-refractivity contribution is -0.139. The van der Waals surface area contributed by atoms with Crippen molar-refractivity contribution in [2.75, 3.05) is 12.4 Å². The summed E-state index contributed by atoms with van der Waals surface area (Å²) in [5.74, 6) is -0.144. The normalized spacial score (nSPS) is 11.6. The van der Waals surface area contributed by atoms with Crippen molar-refractivity contribution >= 4 is 17.5 Å². The van der Waals surface area contributed by atoms with Crippen molar-refractivity contribution in [1.29, 1.82) is 0 Å². The van der Waals surface area contributed by atoms with Crippen molar-refractivity contribution in [3.63, 3.8) is 0 Å². The Bertz CT molecular complexity index is 1390. The number of hydrogen-bond donors (Lipinski definition) is 1. The quantitative estimate of drug-likeness (QED) is 0.245. The molecule has 6 heteroatoms. The highest BCUT2D eigenvalue weighted by atomic mass is 19.1. The number of hydrogen-bond acceptors (Lipinski definition) is 3. The largest absolute Gasteiger partial charge is 0.497 e. The number of ether oxygens (including phenoxy) is 1. The molecule has 39 heavy (non-hydrogen) atoms. The van der Waals surface area contributed by atoms with Crippen LogP contribution in [-0.2, 0) is 22.6 Å². The monoisotopic (exact) mass is 524 g/mol. The Balaban J connectivity index is 1.76. The Morgan fingerprint density at radius 3 is 2.05 bits per heavy atom. The molecule has 0 bridgehead atoms. The van der Waals surface area contributed by atoms with Crippen LogP contribution in [0.25, 0.3) is 0 Å². The Morgan fingerprint density at radius 2 is 1.44 bits per heavy atom. The van der Waals surface area contributed by atoms with Crippen LogP contribution in [0.1, 0.15) is 48.1 Å². The molecule has 0 aliphatic rings. The summed E-state index contributed by atoms with van der Waals surface area (Å²) in [4.78, 5) is 29.3. The minimum Gasteiger partial charge on any atom is -0.497 e. The van der Waals surface area contributed by atoms with Crippen LogP contribution in [0.2, 0.25) is 0 Å². The van der Waals surface area contributed by atoms with Crippen molar-refractivity contribution < 1.29 is 18.7 Å². The summed E-state index contributed by atoms with van der Waals surface area (Å²) in [5, 5.41) is 2.95. The fraction of sp³-hybridized carbons (Fsp3) is 0.212. The second-order valence-electron chi connectivity index (χ2n) is 9.72. The summed E-state index contributed by atoms with van der Waals surface area (Å²) in [6.07, 6.45) is 0.0751. The predicted molar refractivity (Wildman–Crippen MR) is 152 cm³/mol. The van der Waals surface area contributed by atoms with E-state index in [1.807, 2.05) is 54.6 Å². The van der Waals surface area contributed by atoms with Gasteiger partial charge in [-0.1, -0.05) is 86.6 Å². The van der Waals surface area contributed by atoms with Gasteiger partial charge in [-0.15, -0.1) is 0 Å². The molecule has 5 nitrogen and oxygen atoms in total. The van der Waals surface area contributed by atoms with Gasteiger partial charge in [0.2, 0.25) is 5.91 Å². The molecule has 0 aliphatic heterocycles. The summed E-state index contributed by atoms with van der Waals surface area (Å²) in [6.45, 7) is 4.12. The number of rotatable bonds is 10. The number of nitrogens with one attached hydrogen (secondary N) is 1. The lowest BCUT2D eigenvalue weighted by Crippen LogP contribution is -2.41. The van der Waals surface area contributed by atoms with Crippen molar-refractivity contribution in [3.8, 4) is 5.75 Å². The molecular weight excluding hydrogens is 491 g/mol. The van der Waals surface area contributed by atoms with Crippen molar-refractivity contribution in [2.24, 2.45) is 0 Å². The number of amides is 2. The van der Waals surface area contributed by atoms with E-state index in [1.54, 1.807) is 49.6 Å². The van der Waals surface area contributed by atoms with Crippen LogP contribution in [0.5, 0.6) is 5.75 Å². The zero-order valence-electron chi connectivity index (χ0n) is 22.4. The number of carbonyl (C=O) groups is 2. The standard InChI is InChI=1S/C33H33FN2O3/c1-23(2)25-13-15-26(16-14-25)32(33(38)35-28-17-19-29(39-3)20-18-28)36(22-27-11-7-8-12-30(27)34)31(37)21-24-9-5-4-6-10-24/h4-20,23,32H,21-22H2,1-3H3,(H,35,38). The molecule has 0 fully saturated rings. The summed E-state index contributed by atoms with van der Waals surface area (Å²) >= 11 is 0. The number of anilines is 1. The van der Waals surface area contributed by atoms with E-state index >= 15 is 0 Å². The van der Waals surface area contributed by atoms with E-state index in [4.69, 9.17) is 4.74 Å². The third-order valence-electron chi connectivity index (χ3n) is 6.65. The van der Waals surface area contributed by atoms with Gasteiger partial charge in [0.25, 0.3) is 5.91 Å². The first kappa shape index (κ1) is 27.6. The van der Waals surface area contributed by atoms with Crippen LogP contribution in [0, 0.1) is 5.82 Å². The number of halogens is 1. The van der Waals surface area contributed by atoms with E-state index in [9.17, 15) is 14.0 Å². The zero-order valence-corrected chi connectivity index (χ0v) is 22.4. The first-order valence-corrected chi connectivity index (χ1v) is 13.0. The maximum absolute atomic E-state index is 14.8. The van der Waals surface area contributed by atoms with Gasteiger partial charge in [-0.25, -0.2) is 4.39 Å². The van der Waals surface area contributed by atoms with Crippen LogP contribution in [0.4, 0.5) is 10.1 Å². The lowest BCUT2D eigenvalue weighted by atomic mass is 9.97. The fourth-order valence-corrected chi connectivity index (χ4v) is 4.43. The smallest absolute Gasteiger partial charge is 0.251 e. The second kappa shape index (κ2) is 12.9. The van der Waals surface area contributed by atoms with Crippen LogP contribution >= 0.6 is 0 Å². The number of methoxy groups -OCH3 is 1. The molecular formula is C33H33FN2O3. The molecule has 0 spiro atoms. The molecule has 1 atom stereocenters. The molecule has 0 aliphatic carbocycles. The second-order valence-corrected chi connectivity index (χ2v) is 9.72. The van der Waals surface area contributed by atoms with E-state index in [-0.39, 0.29) is 18.9 Å². The summed E-state index contributed by atoms with van der Waals surface area (Å²) in [5.41, 5.74) is 3.46. The van der Waals surface area contributed by atoms with E-state index in [2.05, 4.69) is 19.2 Å². The van der Waals surface area contributed by atoms with Gasteiger partial charge < -0.3 is 15.0 Å². The maximum atomic E-state index is 14.8. The van der Waals surface area contributed by atoms with Gasteiger partial charge in [0, 0.05) is 17.8 Å². The Kier molecular flexibility index (Phi) is 9.10. The van der Waals surface area contributed by atoms with Crippen LogP contribution in [0.15, 0.2) is 103 Å². The van der Waals surface area contributed by atoms with Crippen LogP contribution in [-0.4, -0.2) is 23.8 Å².